The zero-order valence-electron chi connectivity index (χ0n) is 15.3. The normalized spacial score (nSPS) is 22.2. The van der Waals surface area contributed by atoms with Gasteiger partial charge in [0.25, 0.3) is 5.91 Å². The molecule has 1 atom stereocenters. The van der Waals surface area contributed by atoms with Crippen LogP contribution in [0.3, 0.4) is 0 Å². The van der Waals surface area contributed by atoms with E-state index in [9.17, 15) is 31.1 Å². The number of hydrogen-bond donors (Lipinski definition) is 1. The van der Waals surface area contributed by atoms with Crippen LogP contribution in [0.2, 0.25) is 0 Å². The minimum Gasteiger partial charge on any atom is -0.479 e. The number of ether oxygens (including phenoxy) is 1. The molecule has 4 rings (SSSR count). The number of halogens is 6. The van der Waals surface area contributed by atoms with E-state index in [4.69, 9.17) is 10.5 Å². The molecule has 0 radical (unpaired) electrons. The first-order chi connectivity index (χ1) is 13.3. The maximum atomic E-state index is 13.2. The summed E-state index contributed by atoms with van der Waals surface area (Å²) in [6, 6.07) is 0. The smallest absolute Gasteiger partial charge is 0.418 e. The number of hydrogen-bond acceptors (Lipinski definition) is 5. The van der Waals surface area contributed by atoms with Crippen LogP contribution < -0.4 is 10.6 Å². The number of nitrogens with two attached hydrogens (primary N) is 1. The molecule has 12 heteroatoms. The third-order valence-electron chi connectivity index (χ3n) is 5.00. The molecule has 1 saturated heterocycles. The molecule has 1 aromatic heterocycles. The van der Waals surface area contributed by atoms with Gasteiger partial charge in [-0.05, 0) is 18.9 Å². The second-order valence-corrected chi connectivity index (χ2v) is 7.15. The molecule has 2 bridgehead atoms. The van der Waals surface area contributed by atoms with Crippen LogP contribution >= 0.6 is 0 Å². The van der Waals surface area contributed by atoms with Crippen molar-refractivity contribution in [3.63, 3.8) is 0 Å². The lowest BCUT2D eigenvalue weighted by Crippen LogP contribution is -2.54. The number of alkyl halides is 6. The Bertz CT molecular complexity index is 852. The van der Waals surface area contributed by atoms with Gasteiger partial charge in [0.15, 0.2) is 5.90 Å². The summed E-state index contributed by atoms with van der Waals surface area (Å²) in [6.07, 6.45) is -9.74. The SMILES string of the molecule is Cc1c(C(F)(F)F)cnc(N2CCOC3=NC(CCC(F)(F)F)(C3)C2)c1C(N)=O. The van der Waals surface area contributed by atoms with Crippen molar-refractivity contribution in [1.29, 1.82) is 0 Å². The highest BCUT2D eigenvalue weighted by Gasteiger charge is 2.46. The summed E-state index contributed by atoms with van der Waals surface area (Å²) in [6.45, 7) is 1.25. The Balaban J connectivity index is 1.98. The molecule has 0 aromatic carbocycles. The molecule has 0 saturated carbocycles. The molecule has 160 valence electrons. The van der Waals surface area contributed by atoms with Gasteiger partial charge >= 0.3 is 12.4 Å². The van der Waals surface area contributed by atoms with Gasteiger partial charge in [-0.15, -0.1) is 0 Å². The van der Waals surface area contributed by atoms with Crippen LogP contribution in [-0.2, 0) is 10.9 Å². The standard InChI is InChI=1S/C17H18F6N4O2/c1-9-10(17(21,22)23)7-25-14(12(9)13(24)28)27-4-5-29-11-6-15(8-27,26-11)2-3-16(18,19)20/h7H,2-6,8H2,1H3,(H2,24,28). The Kier molecular flexibility index (Phi) is 5.16. The Morgan fingerprint density at radius 2 is 1.97 bits per heavy atom. The van der Waals surface area contributed by atoms with Crippen molar-refractivity contribution in [3.05, 3.63) is 22.9 Å². The van der Waals surface area contributed by atoms with Crippen molar-refractivity contribution in [1.82, 2.24) is 4.98 Å². The van der Waals surface area contributed by atoms with Gasteiger partial charge in [-0.1, -0.05) is 0 Å². The van der Waals surface area contributed by atoms with E-state index in [1.165, 1.54) is 4.90 Å². The quantitative estimate of drug-likeness (QED) is 0.753. The van der Waals surface area contributed by atoms with Crippen molar-refractivity contribution in [2.45, 2.75) is 44.1 Å². The van der Waals surface area contributed by atoms with Gasteiger partial charge in [0, 0.05) is 19.2 Å². The minimum atomic E-state index is -4.74. The van der Waals surface area contributed by atoms with Crippen molar-refractivity contribution >= 4 is 17.6 Å². The number of aromatic nitrogens is 1. The zero-order chi connectivity index (χ0) is 21.6. The summed E-state index contributed by atoms with van der Waals surface area (Å²) in [7, 11) is 0. The Hall–Kier alpha value is -2.53. The Labute approximate surface area is 161 Å². The lowest BCUT2D eigenvalue weighted by molar-refractivity contribution is -0.139. The predicted molar refractivity (Wildman–Crippen MR) is 90.7 cm³/mol. The van der Waals surface area contributed by atoms with Gasteiger partial charge in [-0.3, -0.25) is 4.79 Å². The average molecular weight is 424 g/mol. The number of amides is 1. The second-order valence-electron chi connectivity index (χ2n) is 7.15. The number of aliphatic imine (C=N–C) groups is 1. The van der Waals surface area contributed by atoms with Crippen LogP contribution in [0, 0.1) is 6.92 Å². The average Bonchev–Trinajstić information content (AvgIpc) is 2.49. The van der Waals surface area contributed by atoms with Crippen molar-refractivity contribution in [3.8, 4) is 0 Å². The molecule has 3 aliphatic heterocycles. The predicted octanol–water partition coefficient (Wildman–Crippen LogP) is 3.23. The number of nitrogens with zero attached hydrogens (tertiary/aromatic N) is 3. The lowest BCUT2D eigenvalue weighted by atomic mass is 9.84. The molecule has 1 aromatic rings. The van der Waals surface area contributed by atoms with Gasteiger partial charge in [-0.2, -0.15) is 26.3 Å². The second kappa shape index (κ2) is 7.06. The van der Waals surface area contributed by atoms with Crippen molar-refractivity contribution < 1.29 is 35.9 Å². The van der Waals surface area contributed by atoms with Gasteiger partial charge in [0.2, 0.25) is 0 Å². The topological polar surface area (TPSA) is 80.8 Å². The number of fused-ring (bicyclic) bond motifs is 4. The summed E-state index contributed by atoms with van der Waals surface area (Å²) in [5.41, 5.74) is 2.29. The van der Waals surface area contributed by atoms with E-state index < -0.39 is 41.3 Å². The zero-order valence-corrected chi connectivity index (χ0v) is 15.3. The highest BCUT2D eigenvalue weighted by Crippen LogP contribution is 2.40. The lowest BCUT2D eigenvalue weighted by Gasteiger charge is -2.44. The molecule has 2 N–H and O–H groups in total. The van der Waals surface area contributed by atoms with Gasteiger partial charge in [0.05, 0.1) is 29.6 Å². The molecule has 6 nitrogen and oxygen atoms in total. The molecule has 1 amide bonds. The molecule has 0 aliphatic carbocycles. The van der Waals surface area contributed by atoms with Crippen LogP contribution in [0.25, 0.3) is 0 Å². The molecule has 4 heterocycles. The molecule has 0 spiro atoms. The van der Waals surface area contributed by atoms with Crippen LogP contribution in [0.1, 0.15) is 40.7 Å². The fourth-order valence-electron chi connectivity index (χ4n) is 3.60. The molecule has 1 unspecified atom stereocenters. The van der Waals surface area contributed by atoms with Crippen molar-refractivity contribution in [2.75, 3.05) is 24.6 Å². The maximum Gasteiger partial charge on any atom is 0.418 e. The first kappa shape index (κ1) is 21.2. The fourth-order valence-corrected chi connectivity index (χ4v) is 3.60. The number of pyridine rings is 1. The Morgan fingerprint density at radius 1 is 1.31 bits per heavy atom. The van der Waals surface area contributed by atoms with Gasteiger partial charge in [-0.25, -0.2) is 9.98 Å². The van der Waals surface area contributed by atoms with Crippen molar-refractivity contribution in [2.24, 2.45) is 10.7 Å². The number of carbonyl (C=O) groups is 1. The molecule has 29 heavy (non-hydrogen) atoms. The van der Waals surface area contributed by atoms with Crippen LogP contribution in [0.4, 0.5) is 32.2 Å². The van der Waals surface area contributed by atoms with E-state index in [0.29, 0.717) is 12.1 Å². The Morgan fingerprint density at radius 3 is 2.52 bits per heavy atom. The third-order valence-corrected chi connectivity index (χ3v) is 5.00. The van der Waals surface area contributed by atoms with E-state index in [1.54, 1.807) is 0 Å². The van der Waals surface area contributed by atoms with E-state index in [2.05, 4.69) is 9.98 Å². The molecule has 3 aliphatic rings. The summed E-state index contributed by atoms with van der Waals surface area (Å²) >= 11 is 0. The summed E-state index contributed by atoms with van der Waals surface area (Å²) in [5, 5.41) is 0. The first-order valence-electron chi connectivity index (χ1n) is 8.71. The minimum absolute atomic E-state index is 0.0476. The molecular formula is C17H18F6N4O2. The summed E-state index contributed by atoms with van der Waals surface area (Å²) in [5.74, 6) is -0.886. The molecule has 1 fully saturated rings. The van der Waals surface area contributed by atoms with E-state index in [-0.39, 0.29) is 43.9 Å². The van der Waals surface area contributed by atoms with E-state index >= 15 is 0 Å². The van der Waals surface area contributed by atoms with E-state index in [0.717, 1.165) is 6.92 Å². The highest BCUT2D eigenvalue weighted by atomic mass is 19.4. The third kappa shape index (κ3) is 4.40. The summed E-state index contributed by atoms with van der Waals surface area (Å²) in [4.78, 5) is 21.3. The van der Waals surface area contributed by atoms with Gasteiger partial charge in [0.1, 0.15) is 12.4 Å². The van der Waals surface area contributed by atoms with Crippen LogP contribution in [0.15, 0.2) is 11.2 Å². The van der Waals surface area contributed by atoms with Crippen LogP contribution in [-0.4, -0.2) is 48.2 Å². The summed E-state index contributed by atoms with van der Waals surface area (Å²) < 4.78 is 83.0. The largest absolute Gasteiger partial charge is 0.479 e. The van der Waals surface area contributed by atoms with Crippen LogP contribution in [0.5, 0.6) is 0 Å². The van der Waals surface area contributed by atoms with E-state index in [1.807, 2.05) is 0 Å². The number of primary amides is 1. The van der Waals surface area contributed by atoms with Gasteiger partial charge < -0.3 is 15.4 Å². The number of anilines is 1. The number of carbonyl (C=O) groups excluding carboxylic acids is 1. The fraction of sp³-hybridized carbons (Fsp3) is 0.588. The highest BCUT2D eigenvalue weighted by molar-refractivity contribution is 5.99. The number of rotatable bonds is 4. The monoisotopic (exact) mass is 424 g/mol. The molecular weight excluding hydrogens is 406 g/mol. The maximum absolute atomic E-state index is 13.2. The first-order valence-corrected chi connectivity index (χ1v) is 8.71.